The molecule has 2 rings (SSSR count). The molecule has 0 spiro atoms. The number of benzene rings is 1. The number of halogens is 1. The fourth-order valence-corrected chi connectivity index (χ4v) is 1.61. The van der Waals surface area contributed by atoms with Crippen LogP contribution in [0.3, 0.4) is 0 Å². The molecule has 1 aromatic carbocycles. The summed E-state index contributed by atoms with van der Waals surface area (Å²) in [6.07, 6.45) is 0. The van der Waals surface area contributed by atoms with Gasteiger partial charge in [0.15, 0.2) is 0 Å². The Bertz CT molecular complexity index is 388. The van der Waals surface area contributed by atoms with Crippen LogP contribution in [-0.2, 0) is 4.74 Å². The van der Waals surface area contributed by atoms with Crippen molar-refractivity contribution in [3.8, 4) is 0 Å². The maximum atomic E-state index is 11.8. The quantitative estimate of drug-likeness (QED) is 0.833. The fraction of sp³-hybridized carbons (Fsp3) is 0.364. The normalized spacial score (nSPS) is 15.9. The van der Waals surface area contributed by atoms with Gasteiger partial charge in [0.2, 0.25) is 0 Å². The molecule has 1 saturated heterocycles. The van der Waals surface area contributed by atoms with Crippen molar-refractivity contribution in [3.05, 3.63) is 34.3 Å². The fourth-order valence-electron chi connectivity index (χ4n) is 1.44. The molecule has 15 heavy (non-hydrogen) atoms. The van der Waals surface area contributed by atoms with E-state index in [1.54, 1.807) is 18.2 Å². The minimum Gasteiger partial charge on any atom is -0.377 e. The summed E-state index contributed by atoms with van der Waals surface area (Å²) < 4.78 is 4.98. The van der Waals surface area contributed by atoms with Crippen LogP contribution >= 0.6 is 11.6 Å². The van der Waals surface area contributed by atoms with Crippen LogP contribution in [0.2, 0.25) is 5.02 Å². The topological polar surface area (TPSA) is 38.3 Å². The van der Waals surface area contributed by atoms with E-state index < -0.39 is 0 Å². The number of hydrogen-bond acceptors (Lipinski definition) is 2. The summed E-state index contributed by atoms with van der Waals surface area (Å²) in [5.74, 6) is -0.0803. The van der Waals surface area contributed by atoms with Crippen molar-refractivity contribution >= 4 is 17.5 Å². The number of ether oxygens (including phenoxy) is 1. The second-order valence-electron chi connectivity index (χ2n) is 3.62. The lowest BCUT2D eigenvalue weighted by Crippen LogP contribution is -2.48. The summed E-state index contributed by atoms with van der Waals surface area (Å²) >= 11 is 5.94. The molecule has 1 heterocycles. The van der Waals surface area contributed by atoms with Crippen molar-refractivity contribution in [1.29, 1.82) is 0 Å². The van der Waals surface area contributed by atoms with Gasteiger partial charge in [0.25, 0.3) is 5.91 Å². The number of carbonyl (C=O) groups excluding carboxylic acids is 1. The Morgan fingerprint density at radius 3 is 2.87 bits per heavy atom. The average Bonchev–Trinajstić information content (AvgIpc) is 2.15. The third-order valence-electron chi connectivity index (χ3n) is 2.49. The molecule has 0 radical (unpaired) electrons. The molecule has 1 aliphatic rings. The maximum Gasteiger partial charge on any atom is 0.251 e. The van der Waals surface area contributed by atoms with E-state index in [-0.39, 0.29) is 11.9 Å². The average molecular weight is 226 g/mol. The standard InChI is InChI=1S/C11H12ClNO2/c1-7-9(3-2-4-10(7)12)11(14)13-8-5-15-6-8/h2-4,8H,5-6H2,1H3,(H,13,14). The Hall–Kier alpha value is -1.06. The highest BCUT2D eigenvalue weighted by atomic mass is 35.5. The number of hydrogen-bond donors (Lipinski definition) is 1. The van der Waals surface area contributed by atoms with Gasteiger partial charge in [-0.25, -0.2) is 0 Å². The van der Waals surface area contributed by atoms with E-state index in [1.165, 1.54) is 0 Å². The molecular weight excluding hydrogens is 214 g/mol. The lowest BCUT2D eigenvalue weighted by atomic mass is 10.1. The minimum atomic E-state index is -0.0803. The highest BCUT2D eigenvalue weighted by molar-refractivity contribution is 6.31. The van der Waals surface area contributed by atoms with E-state index in [9.17, 15) is 4.79 Å². The summed E-state index contributed by atoms with van der Waals surface area (Å²) in [6, 6.07) is 5.48. The maximum absolute atomic E-state index is 11.8. The molecule has 80 valence electrons. The lowest BCUT2D eigenvalue weighted by Gasteiger charge is -2.27. The molecular formula is C11H12ClNO2. The van der Waals surface area contributed by atoms with Crippen molar-refractivity contribution in [2.75, 3.05) is 13.2 Å². The van der Waals surface area contributed by atoms with Crippen molar-refractivity contribution in [2.24, 2.45) is 0 Å². The predicted molar refractivity (Wildman–Crippen MR) is 58.3 cm³/mol. The minimum absolute atomic E-state index is 0.0803. The summed E-state index contributed by atoms with van der Waals surface area (Å²) in [4.78, 5) is 11.8. The predicted octanol–water partition coefficient (Wildman–Crippen LogP) is 1.78. The van der Waals surface area contributed by atoms with Crippen LogP contribution in [0, 0.1) is 6.92 Å². The number of carbonyl (C=O) groups is 1. The Morgan fingerprint density at radius 2 is 2.27 bits per heavy atom. The van der Waals surface area contributed by atoms with E-state index >= 15 is 0 Å². The highest BCUT2D eigenvalue weighted by Gasteiger charge is 2.21. The van der Waals surface area contributed by atoms with Gasteiger partial charge in [-0.05, 0) is 24.6 Å². The van der Waals surface area contributed by atoms with Gasteiger partial charge in [-0.15, -0.1) is 0 Å². The van der Waals surface area contributed by atoms with Crippen LogP contribution in [0.15, 0.2) is 18.2 Å². The summed E-state index contributed by atoms with van der Waals surface area (Å²) in [7, 11) is 0. The van der Waals surface area contributed by atoms with Crippen LogP contribution in [0.25, 0.3) is 0 Å². The Balaban J connectivity index is 2.13. The van der Waals surface area contributed by atoms with Crippen molar-refractivity contribution < 1.29 is 9.53 Å². The molecule has 4 heteroatoms. The van der Waals surface area contributed by atoms with E-state index in [4.69, 9.17) is 16.3 Å². The molecule has 0 atom stereocenters. The first-order valence-corrected chi connectivity index (χ1v) is 5.20. The molecule has 1 aromatic rings. The van der Waals surface area contributed by atoms with E-state index in [1.807, 2.05) is 6.92 Å². The molecule has 1 fully saturated rings. The molecule has 0 aromatic heterocycles. The number of amides is 1. The Kier molecular flexibility index (Phi) is 2.93. The van der Waals surface area contributed by atoms with E-state index in [0.717, 1.165) is 5.56 Å². The van der Waals surface area contributed by atoms with Gasteiger partial charge in [0.1, 0.15) is 0 Å². The largest absolute Gasteiger partial charge is 0.377 e. The number of rotatable bonds is 2. The lowest BCUT2D eigenvalue weighted by molar-refractivity contribution is -0.00347. The summed E-state index contributed by atoms with van der Waals surface area (Å²) in [5.41, 5.74) is 1.45. The van der Waals surface area contributed by atoms with Gasteiger partial charge >= 0.3 is 0 Å². The van der Waals surface area contributed by atoms with Crippen molar-refractivity contribution in [2.45, 2.75) is 13.0 Å². The first-order valence-electron chi connectivity index (χ1n) is 4.82. The van der Waals surface area contributed by atoms with Gasteiger partial charge in [-0.2, -0.15) is 0 Å². The molecule has 0 saturated carbocycles. The van der Waals surface area contributed by atoms with Crippen LogP contribution in [0.4, 0.5) is 0 Å². The SMILES string of the molecule is Cc1c(Cl)cccc1C(=O)NC1COC1. The van der Waals surface area contributed by atoms with Crippen molar-refractivity contribution in [1.82, 2.24) is 5.32 Å². The van der Waals surface area contributed by atoms with Gasteiger partial charge < -0.3 is 10.1 Å². The van der Waals surface area contributed by atoms with Gasteiger partial charge in [-0.3, -0.25) is 4.79 Å². The van der Waals surface area contributed by atoms with Gasteiger partial charge in [0.05, 0.1) is 19.3 Å². The summed E-state index contributed by atoms with van der Waals surface area (Å²) in [6.45, 7) is 3.05. The zero-order valence-corrected chi connectivity index (χ0v) is 9.17. The molecule has 1 aliphatic heterocycles. The van der Waals surface area contributed by atoms with Crippen LogP contribution in [-0.4, -0.2) is 25.2 Å². The second kappa shape index (κ2) is 4.21. The highest BCUT2D eigenvalue weighted by Crippen LogP contribution is 2.18. The molecule has 0 aliphatic carbocycles. The molecule has 3 nitrogen and oxygen atoms in total. The Morgan fingerprint density at radius 1 is 1.53 bits per heavy atom. The first kappa shape index (κ1) is 10.5. The molecule has 1 N–H and O–H groups in total. The second-order valence-corrected chi connectivity index (χ2v) is 4.03. The monoisotopic (exact) mass is 225 g/mol. The summed E-state index contributed by atoms with van der Waals surface area (Å²) in [5, 5.41) is 3.50. The van der Waals surface area contributed by atoms with Crippen LogP contribution < -0.4 is 5.32 Å². The molecule has 0 unspecified atom stereocenters. The van der Waals surface area contributed by atoms with E-state index in [2.05, 4.69) is 5.32 Å². The molecule has 0 bridgehead atoms. The van der Waals surface area contributed by atoms with Crippen LogP contribution in [0.5, 0.6) is 0 Å². The first-order chi connectivity index (χ1) is 7.18. The molecule has 1 amide bonds. The Labute approximate surface area is 93.4 Å². The third-order valence-corrected chi connectivity index (χ3v) is 2.90. The van der Waals surface area contributed by atoms with Crippen LogP contribution in [0.1, 0.15) is 15.9 Å². The van der Waals surface area contributed by atoms with Gasteiger partial charge in [-0.1, -0.05) is 17.7 Å². The number of nitrogens with one attached hydrogen (secondary N) is 1. The van der Waals surface area contributed by atoms with Gasteiger partial charge in [0, 0.05) is 10.6 Å². The zero-order valence-electron chi connectivity index (χ0n) is 8.42. The van der Waals surface area contributed by atoms with Crippen molar-refractivity contribution in [3.63, 3.8) is 0 Å². The zero-order chi connectivity index (χ0) is 10.8. The third kappa shape index (κ3) is 2.13. The smallest absolute Gasteiger partial charge is 0.251 e. The van der Waals surface area contributed by atoms with E-state index in [0.29, 0.717) is 23.8 Å².